The highest BCUT2D eigenvalue weighted by Gasteiger charge is 2.19. The number of piperidine rings is 1. The Kier molecular flexibility index (Phi) is 5.01. The first-order chi connectivity index (χ1) is 11.1. The minimum absolute atomic E-state index is 0.470. The summed E-state index contributed by atoms with van der Waals surface area (Å²) in [6.07, 6.45) is 6.35. The molecule has 4 nitrogen and oxygen atoms in total. The topological polar surface area (TPSA) is 33.1 Å². The van der Waals surface area contributed by atoms with Crippen molar-refractivity contribution in [3.8, 4) is 0 Å². The minimum atomic E-state index is 0.470. The smallest absolute Gasteiger partial charge is 0.122 e. The van der Waals surface area contributed by atoms with Gasteiger partial charge in [0.05, 0.1) is 6.54 Å². The lowest BCUT2D eigenvalue weighted by Gasteiger charge is -2.34. The highest BCUT2D eigenvalue weighted by atomic mass is 15.2. The van der Waals surface area contributed by atoms with Crippen LogP contribution in [0.25, 0.3) is 0 Å². The van der Waals surface area contributed by atoms with E-state index in [0.29, 0.717) is 12.1 Å². The van der Waals surface area contributed by atoms with Gasteiger partial charge in [0.25, 0.3) is 0 Å². The predicted octanol–water partition coefficient (Wildman–Crippen LogP) is 3.53. The maximum atomic E-state index is 4.48. The van der Waals surface area contributed by atoms with E-state index in [2.05, 4.69) is 71.0 Å². The Morgan fingerprint density at radius 2 is 1.87 bits per heavy atom. The first-order valence-electron chi connectivity index (χ1n) is 8.70. The third-order valence-electron chi connectivity index (χ3n) is 4.75. The minimum Gasteiger partial charge on any atom is -0.371 e. The Morgan fingerprint density at radius 1 is 1.17 bits per heavy atom. The molecule has 1 aliphatic heterocycles. The van der Waals surface area contributed by atoms with Crippen LogP contribution in [0.3, 0.4) is 0 Å². The number of rotatable bonds is 5. The number of aryl methyl sites for hydroxylation is 1. The van der Waals surface area contributed by atoms with Crippen LogP contribution in [0.4, 0.5) is 5.69 Å². The van der Waals surface area contributed by atoms with Gasteiger partial charge >= 0.3 is 0 Å². The van der Waals surface area contributed by atoms with E-state index in [-0.39, 0.29) is 0 Å². The lowest BCUT2D eigenvalue weighted by Crippen LogP contribution is -2.42. The summed E-state index contributed by atoms with van der Waals surface area (Å²) in [4.78, 5) is 6.98. The molecular weight excluding hydrogens is 284 g/mol. The molecule has 0 amide bonds. The molecule has 0 aliphatic carbocycles. The molecule has 2 aromatic rings. The molecule has 0 radical (unpaired) electrons. The van der Waals surface area contributed by atoms with E-state index < -0.39 is 0 Å². The maximum Gasteiger partial charge on any atom is 0.122 e. The van der Waals surface area contributed by atoms with Crippen molar-refractivity contribution in [2.24, 2.45) is 0 Å². The van der Waals surface area contributed by atoms with Gasteiger partial charge in [-0.25, -0.2) is 4.98 Å². The monoisotopic (exact) mass is 312 g/mol. The lowest BCUT2D eigenvalue weighted by atomic mass is 10.0. The summed E-state index contributed by atoms with van der Waals surface area (Å²) in [6, 6.07) is 9.94. The van der Waals surface area contributed by atoms with E-state index in [0.717, 1.165) is 25.5 Å². The van der Waals surface area contributed by atoms with E-state index in [1.165, 1.54) is 24.1 Å². The van der Waals surface area contributed by atoms with Crippen LogP contribution in [0.2, 0.25) is 0 Å². The third kappa shape index (κ3) is 3.94. The number of hydrogen-bond donors (Lipinski definition) is 1. The molecule has 2 heterocycles. The van der Waals surface area contributed by atoms with Gasteiger partial charge in [-0.1, -0.05) is 17.7 Å². The third-order valence-corrected chi connectivity index (χ3v) is 4.75. The predicted molar refractivity (Wildman–Crippen MR) is 95.9 cm³/mol. The van der Waals surface area contributed by atoms with Gasteiger partial charge < -0.3 is 14.8 Å². The fraction of sp³-hybridized carbons (Fsp3) is 0.526. The van der Waals surface area contributed by atoms with Crippen LogP contribution in [0.1, 0.15) is 44.1 Å². The number of imidazole rings is 1. The highest BCUT2D eigenvalue weighted by Crippen LogP contribution is 2.20. The van der Waals surface area contributed by atoms with Crippen LogP contribution in [0.15, 0.2) is 36.7 Å². The van der Waals surface area contributed by atoms with Crippen molar-refractivity contribution in [3.63, 3.8) is 0 Å². The molecule has 4 heteroatoms. The van der Waals surface area contributed by atoms with Crippen molar-refractivity contribution in [3.05, 3.63) is 48.0 Å². The van der Waals surface area contributed by atoms with Crippen molar-refractivity contribution in [1.82, 2.24) is 14.9 Å². The van der Waals surface area contributed by atoms with Crippen LogP contribution in [-0.2, 0) is 6.54 Å². The molecule has 23 heavy (non-hydrogen) atoms. The molecule has 0 spiro atoms. The van der Waals surface area contributed by atoms with Gasteiger partial charge in [0.2, 0.25) is 0 Å². The molecule has 0 saturated carbocycles. The van der Waals surface area contributed by atoms with E-state index in [4.69, 9.17) is 0 Å². The molecule has 0 bridgehead atoms. The molecule has 3 rings (SSSR count). The fourth-order valence-electron chi connectivity index (χ4n) is 3.28. The van der Waals surface area contributed by atoms with Gasteiger partial charge in [-0.05, 0) is 45.7 Å². The Bertz CT molecular complexity index is 607. The molecule has 0 atom stereocenters. The second-order valence-corrected chi connectivity index (χ2v) is 6.82. The first kappa shape index (κ1) is 16.1. The molecule has 1 saturated heterocycles. The van der Waals surface area contributed by atoms with Crippen LogP contribution in [-0.4, -0.2) is 28.7 Å². The Balaban J connectivity index is 1.49. The number of hydrogen-bond acceptors (Lipinski definition) is 3. The summed E-state index contributed by atoms with van der Waals surface area (Å²) in [7, 11) is 0. The Morgan fingerprint density at radius 3 is 2.52 bits per heavy atom. The average molecular weight is 312 g/mol. The summed E-state index contributed by atoms with van der Waals surface area (Å²) in [5, 5.41) is 3.69. The normalized spacial score (nSPS) is 16.3. The molecule has 1 fully saturated rings. The quantitative estimate of drug-likeness (QED) is 0.917. The maximum absolute atomic E-state index is 4.48. The number of nitrogens with zero attached hydrogens (tertiary/aromatic N) is 3. The summed E-state index contributed by atoms with van der Waals surface area (Å²) >= 11 is 0. The van der Waals surface area contributed by atoms with Crippen LogP contribution >= 0.6 is 0 Å². The van der Waals surface area contributed by atoms with E-state index in [1.807, 2.05) is 6.20 Å². The van der Waals surface area contributed by atoms with Crippen LogP contribution < -0.4 is 10.2 Å². The van der Waals surface area contributed by atoms with Crippen molar-refractivity contribution in [2.45, 2.75) is 52.2 Å². The fourth-order valence-corrected chi connectivity index (χ4v) is 3.28. The van der Waals surface area contributed by atoms with Gasteiger partial charge in [-0.2, -0.15) is 0 Å². The molecule has 1 aliphatic rings. The standard InChI is InChI=1S/C19H28N4/c1-15(2)23-13-10-20-19(23)14-21-17-8-11-22(12-9-17)18-6-4-16(3)5-7-18/h4-7,10,13,15,17,21H,8-9,11-12,14H2,1-3H3. The molecule has 1 N–H and O–H groups in total. The lowest BCUT2D eigenvalue weighted by molar-refractivity contribution is 0.402. The van der Waals surface area contributed by atoms with Gasteiger partial charge in [0.1, 0.15) is 5.82 Å². The second kappa shape index (κ2) is 7.18. The van der Waals surface area contributed by atoms with E-state index in [1.54, 1.807) is 0 Å². The SMILES string of the molecule is Cc1ccc(N2CCC(NCc3nccn3C(C)C)CC2)cc1. The first-order valence-corrected chi connectivity index (χ1v) is 8.70. The van der Waals surface area contributed by atoms with Gasteiger partial charge in [-0.15, -0.1) is 0 Å². The largest absolute Gasteiger partial charge is 0.371 e. The van der Waals surface area contributed by atoms with Crippen molar-refractivity contribution in [1.29, 1.82) is 0 Å². The van der Waals surface area contributed by atoms with Crippen LogP contribution in [0, 0.1) is 6.92 Å². The Labute approximate surface area is 139 Å². The van der Waals surface area contributed by atoms with Gasteiger partial charge in [-0.3, -0.25) is 0 Å². The van der Waals surface area contributed by atoms with Gasteiger partial charge in [0, 0.05) is 43.3 Å². The van der Waals surface area contributed by atoms with Gasteiger partial charge in [0.15, 0.2) is 0 Å². The van der Waals surface area contributed by atoms with Crippen molar-refractivity contribution in [2.75, 3.05) is 18.0 Å². The Hall–Kier alpha value is -1.81. The molecule has 1 aromatic carbocycles. The second-order valence-electron chi connectivity index (χ2n) is 6.82. The van der Waals surface area contributed by atoms with Crippen molar-refractivity contribution >= 4 is 5.69 Å². The summed E-state index contributed by atoms with van der Waals surface area (Å²) < 4.78 is 2.24. The average Bonchev–Trinajstić information content (AvgIpc) is 3.03. The molecule has 124 valence electrons. The number of aromatic nitrogens is 2. The molecular formula is C19H28N4. The van der Waals surface area contributed by atoms with Crippen LogP contribution in [0.5, 0.6) is 0 Å². The molecule has 1 aromatic heterocycles. The summed E-state index contributed by atoms with van der Waals surface area (Å²) in [5.74, 6) is 1.14. The number of anilines is 1. The number of benzene rings is 1. The summed E-state index contributed by atoms with van der Waals surface area (Å²) in [6.45, 7) is 9.65. The number of nitrogens with one attached hydrogen (secondary N) is 1. The van der Waals surface area contributed by atoms with Crippen molar-refractivity contribution < 1.29 is 0 Å². The van der Waals surface area contributed by atoms with E-state index in [9.17, 15) is 0 Å². The zero-order valence-electron chi connectivity index (χ0n) is 14.5. The highest BCUT2D eigenvalue weighted by molar-refractivity contribution is 5.47. The summed E-state index contributed by atoms with van der Waals surface area (Å²) in [5.41, 5.74) is 2.68. The van der Waals surface area contributed by atoms with E-state index >= 15 is 0 Å². The molecule has 0 unspecified atom stereocenters. The zero-order valence-corrected chi connectivity index (χ0v) is 14.5. The zero-order chi connectivity index (χ0) is 16.2.